The Morgan fingerprint density at radius 3 is 2.97 bits per heavy atom. The first-order valence-electron chi connectivity index (χ1n) is 9.78. The van der Waals surface area contributed by atoms with Crippen molar-refractivity contribution in [1.82, 2.24) is 15.5 Å². The van der Waals surface area contributed by atoms with Crippen molar-refractivity contribution < 1.29 is 23.4 Å². The van der Waals surface area contributed by atoms with Crippen LogP contribution in [-0.4, -0.2) is 53.5 Å². The van der Waals surface area contributed by atoms with Crippen LogP contribution in [0.25, 0.3) is 11.1 Å². The number of aliphatic hydroxyl groups is 1. The zero-order chi connectivity index (χ0) is 22.2. The maximum atomic E-state index is 14.8. The third-order valence-corrected chi connectivity index (χ3v) is 5.64. The number of H-pyrrole nitrogens is 1. The van der Waals surface area contributed by atoms with E-state index in [0.717, 1.165) is 5.56 Å². The molecule has 1 aromatic heterocycles. The summed E-state index contributed by atoms with van der Waals surface area (Å²) in [6.45, 7) is -0.0773. The minimum atomic E-state index is -1.99. The van der Waals surface area contributed by atoms with E-state index < -0.39 is 30.4 Å². The molecular formula is C21H23F2N5O3. The van der Waals surface area contributed by atoms with E-state index in [1.54, 1.807) is 12.1 Å². The van der Waals surface area contributed by atoms with E-state index >= 15 is 0 Å². The van der Waals surface area contributed by atoms with Crippen LogP contribution in [-0.2, 0) is 11.2 Å². The molecule has 31 heavy (non-hydrogen) atoms. The lowest BCUT2D eigenvalue weighted by molar-refractivity contribution is -0.0799. The molecule has 1 aliphatic carbocycles. The van der Waals surface area contributed by atoms with Crippen molar-refractivity contribution in [3.05, 3.63) is 53.5 Å². The zero-order valence-electron chi connectivity index (χ0n) is 16.9. The Kier molecular flexibility index (Phi) is 5.50. The monoisotopic (exact) mass is 431 g/mol. The number of nitrogen functional groups attached to an aromatic ring is 1. The average molecular weight is 431 g/mol. The first-order valence-corrected chi connectivity index (χ1v) is 9.78. The van der Waals surface area contributed by atoms with Crippen LogP contribution in [0.5, 0.6) is 0 Å². The number of allylic oxidation sites excluding steroid dienone is 2. The number of carbonyl (C=O) groups is 1. The van der Waals surface area contributed by atoms with Gasteiger partial charge in [0.2, 0.25) is 5.85 Å². The molecule has 2 aromatic rings. The number of aromatic amines is 1. The second-order valence-electron chi connectivity index (χ2n) is 7.50. The fourth-order valence-corrected chi connectivity index (χ4v) is 3.92. The number of alkyl halides is 1. The highest BCUT2D eigenvalue weighted by atomic mass is 19.2. The van der Waals surface area contributed by atoms with Gasteiger partial charge in [0.15, 0.2) is 5.82 Å². The number of benzene rings is 1. The van der Waals surface area contributed by atoms with Crippen LogP contribution >= 0.6 is 0 Å². The molecule has 2 amide bonds. The molecule has 0 saturated carbocycles. The number of aromatic nitrogens is 2. The molecule has 1 unspecified atom stereocenters. The van der Waals surface area contributed by atoms with Crippen molar-refractivity contribution in [3.8, 4) is 11.1 Å². The molecule has 0 bridgehead atoms. The summed E-state index contributed by atoms with van der Waals surface area (Å²) in [5, 5.41) is 18.9. The molecule has 8 nitrogen and oxygen atoms in total. The molecule has 2 aliphatic rings. The predicted octanol–water partition coefficient (Wildman–Crippen LogP) is 2.43. The maximum Gasteiger partial charge on any atom is 0.322 e. The number of amides is 2. The topological polar surface area (TPSA) is 116 Å². The Balaban J connectivity index is 1.54. The average Bonchev–Trinajstić information content (AvgIpc) is 3.37. The van der Waals surface area contributed by atoms with Crippen LogP contribution < -0.4 is 16.0 Å². The minimum Gasteiger partial charge on any atom is -0.394 e. The van der Waals surface area contributed by atoms with Crippen molar-refractivity contribution in [2.75, 3.05) is 30.9 Å². The number of carbonyl (C=O) groups excluding carboxylic acids is 1. The van der Waals surface area contributed by atoms with E-state index in [1.807, 2.05) is 0 Å². The van der Waals surface area contributed by atoms with Gasteiger partial charge in [0.05, 0.1) is 18.3 Å². The number of aliphatic hydroxyl groups excluding tert-OH is 1. The van der Waals surface area contributed by atoms with E-state index in [2.05, 4.69) is 15.5 Å². The highest BCUT2D eigenvalue weighted by Gasteiger charge is 2.34. The number of hydrogen-bond acceptors (Lipinski definition) is 5. The van der Waals surface area contributed by atoms with Crippen LogP contribution in [0.3, 0.4) is 0 Å². The summed E-state index contributed by atoms with van der Waals surface area (Å²) in [5.74, 6) is -2.34. The largest absolute Gasteiger partial charge is 0.394 e. The number of methoxy groups -OCH3 is 1. The second kappa shape index (κ2) is 8.12. The van der Waals surface area contributed by atoms with Gasteiger partial charge in [-0.15, -0.1) is 0 Å². The summed E-state index contributed by atoms with van der Waals surface area (Å²) in [6.07, 6.45) is 6.32. The van der Waals surface area contributed by atoms with Gasteiger partial charge >= 0.3 is 6.03 Å². The van der Waals surface area contributed by atoms with Crippen LogP contribution in [0.4, 0.5) is 25.1 Å². The fraction of sp³-hybridized carbons (Fsp3) is 0.333. The molecule has 2 heterocycles. The molecule has 4 rings (SSSR count). The molecule has 1 aromatic carbocycles. The summed E-state index contributed by atoms with van der Waals surface area (Å²) in [6, 6.07) is 1.64. The Morgan fingerprint density at radius 1 is 1.48 bits per heavy atom. The van der Waals surface area contributed by atoms with Crippen molar-refractivity contribution in [1.29, 1.82) is 0 Å². The smallest absolute Gasteiger partial charge is 0.322 e. The molecule has 0 radical (unpaired) electrons. The van der Waals surface area contributed by atoms with Gasteiger partial charge in [0.25, 0.3) is 0 Å². The lowest BCUT2D eigenvalue weighted by Gasteiger charge is -2.29. The molecule has 0 fully saturated rings. The van der Waals surface area contributed by atoms with Crippen LogP contribution in [0.15, 0.2) is 42.1 Å². The number of nitrogens with one attached hydrogen (secondary N) is 2. The fourth-order valence-electron chi connectivity index (χ4n) is 3.92. The van der Waals surface area contributed by atoms with Gasteiger partial charge in [-0.2, -0.15) is 5.10 Å². The van der Waals surface area contributed by atoms with E-state index in [4.69, 9.17) is 10.5 Å². The molecular weight excluding hydrogens is 408 g/mol. The Morgan fingerprint density at radius 2 is 2.29 bits per heavy atom. The SMILES string of the molecule is COC1(F)C=CC=C([C@@H](CO)NC(=O)N2CCc3cc(-c4c[nH]nc4N)c(F)cc32)C1. The number of fused-ring (bicyclic) bond motifs is 1. The summed E-state index contributed by atoms with van der Waals surface area (Å²) in [4.78, 5) is 14.3. The predicted molar refractivity (Wildman–Crippen MR) is 112 cm³/mol. The lowest BCUT2D eigenvalue weighted by Crippen LogP contribution is -2.47. The van der Waals surface area contributed by atoms with Gasteiger partial charge in [-0.3, -0.25) is 10.00 Å². The highest BCUT2D eigenvalue weighted by molar-refractivity contribution is 5.95. The number of halogens is 2. The number of hydrogen-bond donors (Lipinski definition) is 4. The molecule has 0 saturated heterocycles. The van der Waals surface area contributed by atoms with Gasteiger partial charge in [0.1, 0.15) is 5.82 Å². The molecule has 5 N–H and O–H groups in total. The molecule has 2 atom stereocenters. The maximum absolute atomic E-state index is 14.8. The number of urea groups is 1. The number of anilines is 2. The van der Waals surface area contributed by atoms with Crippen molar-refractivity contribution in [3.63, 3.8) is 0 Å². The summed E-state index contributed by atoms with van der Waals surface area (Å²) >= 11 is 0. The van der Waals surface area contributed by atoms with E-state index in [0.29, 0.717) is 35.4 Å². The first-order chi connectivity index (χ1) is 14.8. The third kappa shape index (κ3) is 3.91. The lowest BCUT2D eigenvalue weighted by atomic mass is 9.95. The standard InChI is InChI=1S/C21H23F2N5O3/c1-31-21(23)5-2-3-13(9-21)17(11-29)26-20(30)28-6-4-12-7-14(16(22)8-18(12)28)15-10-25-27-19(15)24/h2-3,5,7-8,10,17,29H,4,6,9,11H2,1H3,(H,26,30)(H3,24,25,27)/t17-,21?/m1/s1. The van der Waals surface area contributed by atoms with Crippen molar-refractivity contribution in [2.45, 2.75) is 24.7 Å². The third-order valence-electron chi connectivity index (χ3n) is 5.64. The van der Waals surface area contributed by atoms with E-state index in [1.165, 1.54) is 36.4 Å². The highest BCUT2D eigenvalue weighted by Crippen LogP contribution is 2.36. The summed E-state index contributed by atoms with van der Waals surface area (Å²) in [5.41, 5.74) is 8.24. The normalized spacial score (nSPS) is 21.0. The van der Waals surface area contributed by atoms with E-state index in [-0.39, 0.29) is 12.2 Å². The van der Waals surface area contributed by atoms with Gasteiger partial charge in [-0.25, -0.2) is 13.6 Å². The Bertz CT molecular complexity index is 1070. The second-order valence-corrected chi connectivity index (χ2v) is 7.50. The number of ether oxygens (including phenoxy) is 1. The first kappa shape index (κ1) is 21.0. The Hall–Kier alpha value is -3.24. The van der Waals surface area contributed by atoms with Crippen molar-refractivity contribution >= 4 is 17.5 Å². The van der Waals surface area contributed by atoms with E-state index in [9.17, 15) is 18.7 Å². The number of nitrogens with zero attached hydrogens (tertiary/aromatic N) is 2. The van der Waals surface area contributed by atoms with Gasteiger partial charge < -0.3 is 20.9 Å². The van der Waals surface area contributed by atoms with Gasteiger partial charge in [-0.05, 0) is 35.8 Å². The number of nitrogens with two attached hydrogens (primary N) is 1. The van der Waals surface area contributed by atoms with Crippen LogP contribution in [0, 0.1) is 5.82 Å². The Labute approximate surface area is 177 Å². The van der Waals surface area contributed by atoms with Crippen LogP contribution in [0.2, 0.25) is 0 Å². The summed E-state index contributed by atoms with van der Waals surface area (Å²) in [7, 11) is 1.25. The molecule has 0 spiro atoms. The van der Waals surface area contributed by atoms with Gasteiger partial charge in [0, 0.05) is 37.4 Å². The van der Waals surface area contributed by atoms with Crippen molar-refractivity contribution in [2.24, 2.45) is 0 Å². The number of rotatable bonds is 5. The molecule has 10 heteroatoms. The molecule has 164 valence electrons. The van der Waals surface area contributed by atoms with Crippen LogP contribution in [0.1, 0.15) is 12.0 Å². The zero-order valence-corrected chi connectivity index (χ0v) is 16.9. The molecule has 1 aliphatic heterocycles. The van der Waals surface area contributed by atoms with Gasteiger partial charge in [-0.1, -0.05) is 12.2 Å². The minimum absolute atomic E-state index is 0.119. The quantitative estimate of drug-likeness (QED) is 0.580. The summed E-state index contributed by atoms with van der Waals surface area (Å²) < 4.78 is 34.2.